The van der Waals surface area contributed by atoms with Gasteiger partial charge in [-0.3, -0.25) is 0 Å². The zero-order valence-corrected chi connectivity index (χ0v) is 20.9. The van der Waals surface area contributed by atoms with Crippen LogP contribution in [0.1, 0.15) is 11.1 Å². The van der Waals surface area contributed by atoms with Crippen molar-refractivity contribution in [3.8, 4) is 34.8 Å². The van der Waals surface area contributed by atoms with E-state index < -0.39 is 7.75 Å². The van der Waals surface area contributed by atoms with Gasteiger partial charge in [0.25, 0.3) is 0 Å². The van der Waals surface area contributed by atoms with Gasteiger partial charge in [-0.15, -0.1) is 5.75 Å². The summed E-state index contributed by atoms with van der Waals surface area (Å²) in [5, 5.41) is 18.7. The minimum absolute atomic E-state index is 0.0611. The van der Waals surface area contributed by atoms with Crippen LogP contribution in [-0.4, -0.2) is 14.2 Å². The van der Waals surface area contributed by atoms with Gasteiger partial charge in [-0.25, -0.2) is 0 Å². The third-order valence-electron chi connectivity index (χ3n) is 4.76. The van der Waals surface area contributed by atoms with Crippen LogP contribution < -0.4 is 28.0 Å². The molecule has 4 aromatic rings. The zero-order valence-electron chi connectivity index (χ0n) is 20.0. The van der Waals surface area contributed by atoms with E-state index in [4.69, 9.17) is 23.8 Å². The molecule has 184 valence electrons. The molecule has 0 radical (unpaired) electrons. The second kappa shape index (κ2) is 12.3. The number of aromatic nitrogens is 1. The number of methoxy groups -OCH3 is 2. The molecule has 0 atom stereocenters. The van der Waals surface area contributed by atoms with Gasteiger partial charge >= 0.3 is 7.75 Å². The molecular formula is C27H25N2O6P. The Morgan fingerprint density at radius 1 is 0.778 bits per heavy atom. The van der Waals surface area contributed by atoms with Gasteiger partial charge in [-0.1, -0.05) is 16.5 Å². The maximum atomic E-state index is 13.7. The Hall–Kier alpha value is -4.47. The van der Waals surface area contributed by atoms with Crippen molar-refractivity contribution in [3.63, 3.8) is 0 Å². The van der Waals surface area contributed by atoms with Crippen LogP contribution in [0.5, 0.6) is 28.7 Å². The highest BCUT2D eigenvalue weighted by molar-refractivity contribution is 7.47. The van der Waals surface area contributed by atoms with E-state index >= 15 is 0 Å². The van der Waals surface area contributed by atoms with Crippen LogP contribution >= 0.6 is 7.75 Å². The van der Waals surface area contributed by atoms with Gasteiger partial charge in [-0.05, 0) is 73.7 Å². The average molecular weight is 504 g/mol. The molecule has 9 heteroatoms. The highest BCUT2D eigenvalue weighted by atomic mass is 31.2. The van der Waals surface area contributed by atoms with Crippen LogP contribution in [0.25, 0.3) is 0 Å². The summed E-state index contributed by atoms with van der Waals surface area (Å²) in [6.45, 7) is 1.90. The number of pyridine rings is 1. The topological polar surface area (TPSA) is 105 Å². The highest BCUT2D eigenvalue weighted by Crippen LogP contribution is 2.44. The molecular weight excluding hydrogens is 479 g/mol. The zero-order chi connectivity index (χ0) is 26.0. The van der Waals surface area contributed by atoms with Crippen molar-refractivity contribution in [1.82, 2.24) is 0 Å². The molecule has 8 nitrogen and oxygen atoms in total. The molecule has 0 aliphatic carbocycles. The fourth-order valence-electron chi connectivity index (χ4n) is 2.91. The molecule has 0 spiro atoms. The molecule has 1 aromatic heterocycles. The summed E-state index contributed by atoms with van der Waals surface area (Å²) < 4.78 is 37.0. The summed E-state index contributed by atoms with van der Waals surface area (Å²) in [6, 6.07) is 25.0. The van der Waals surface area contributed by atoms with E-state index in [2.05, 4.69) is 0 Å². The SMILES string of the molecule is COc1ccc(OP(=O)(Oc2ccc(OC)cc2)[n+]2cccc(C)c2)cc1.N#Cc1ccc([O-])cc1. The van der Waals surface area contributed by atoms with Gasteiger partial charge in [0.1, 0.15) is 23.0 Å². The Bertz CT molecular complexity index is 1300. The molecule has 36 heavy (non-hydrogen) atoms. The first-order valence-electron chi connectivity index (χ1n) is 10.8. The Morgan fingerprint density at radius 2 is 1.25 bits per heavy atom. The Morgan fingerprint density at radius 3 is 1.67 bits per heavy atom. The number of nitrogens with zero attached hydrogens (tertiary/aromatic N) is 2. The lowest BCUT2D eigenvalue weighted by molar-refractivity contribution is -0.536. The molecule has 1 heterocycles. The second-order valence-corrected chi connectivity index (χ2v) is 9.16. The van der Waals surface area contributed by atoms with Crippen LogP contribution in [0.15, 0.2) is 97.3 Å². The van der Waals surface area contributed by atoms with E-state index in [-0.39, 0.29) is 5.75 Å². The summed E-state index contributed by atoms with van der Waals surface area (Å²) >= 11 is 0. The van der Waals surface area contributed by atoms with Gasteiger partial charge in [0.05, 0.1) is 25.9 Å². The summed E-state index contributed by atoms with van der Waals surface area (Å²) in [4.78, 5) is 0. The molecule has 4 rings (SSSR count). The molecule has 0 aliphatic heterocycles. The van der Waals surface area contributed by atoms with E-state index in [0.717, 1.165) is 5.56 Å². The van der Waals surface area contributed by atoms with Crippen LogP contribution in [0.4, 0.5) is 0 Å². The summed E-state index contributed by atoms with van der Waals surface area (Å²) in [5.74, 6) is 2.10. The molecule has 3 aromatic carbocycles. The first-order valence-corrected chi connectivity index (χ1v) is 12.3. The quantitative estimate of drug-likeness (QED) is 0.325. The number of rotatable bonds is 7. The second-order valence-electron chi connectivity index (χ2n) is 7.40. The minimum atomic E-state index is -3.75. The summed E-state index contributed by atoms with van der Waals surface area (Å²) in [7, 11) is -0.596. The van der Waals surface area contributed by atoms with E-state index in [1.165, 1.54) is 28.6 Å². The lowest BCUT2D eigenvalue weighted by Gasteiger charge is -2.14. The van der Waals surface area contributed by atoms with E-state index in [1.807, 2.05) is 19.1 Å². The number of ether oxygens (including phenoxy) is 2. The summed E-state index contributed by atoms with van der Waals surface area (Å²) in [6.07, 6.45) is 3.37. The van der Waals surface area contributed by atoms with Crippen molar-refractivity contribution < 1.29 is 32.5 Å². The lowest BCUT2D eigenvalue weighted by Crippen LogP contribution is -2.35. The Labute approximate surface area is 210 Å². The average Bonchev–Trinajstić information content (AvgIpc) is 2.90. The molecule has 0 fully saturated rings. The van der Waals surface area contributed by atoms with Gasteiger partial charge in [0.2, 0.25) is 0 Å². The predicted molar refractivity (Wildman–Crippen MR) is 132 cm³/mol. The standard InChI is InChI=1S/C20H21NO5P.C7H5NO/c1-16-5-4-14-21(15-16)27(22,25-19-10-6-17(23-2)7-11-19)26-20-12-8-18(24-3)9-13-20;8-5-6-1-3-7(9)4-2-6/h4-15H,1-3H3;1-4,9H/q+1;/p-1. The van der Waals surface area contributed by atoms with Crippen LogP contribution in [-0.2, 0) is 4.57 Å². The van der Waals surface area contributed by atoms with Crippen LogP contribution in [0.3, 0.4) is 0 Å². The first kappa shape index (κ1) is 26.1. The van der Waals surface area contributed by atoms with E-state index in [9.17, 15) is 9.67 Å². The molecule has 0 N–H and O–H groups in total. The number of hydrogen-bond acceptors (Lipinski definition) is 7. The highest BCUT2D eigenvalue weighted by Gasteiger charge is 2.42. The maximum absolute atomic E-state index is 13.7. The number of benzene rings is 3. The normalized spacial score (nSPS) is 10.3. The predicted octanol–water partition coefficient (Wildman–Crippen LogP) is 5.05. The number of nitriles is 1. The van der Waals surface area contributed by atoms with E-state index in [1.54, 1.807) is 81.2 Å². The molecule has 0 bridgehead atoms. The molecule has 0 saturated carbocycles. The van der Waals surface area contributed by atoms with E-state index in [0.29, 0.717) is 28.6 Å². The smallest absolute Gasteiger partial charge is 0.728 e. The van der Waals surface area contributed by atoms with Gasteiger partial charge in [-0.2, -0.15) is 9.83 Å². The third kappa shape index (κ3) is 7.26. The van der Waals surface area contributed by atoms with Crippen molar-refractivity contribution in [2.45, 2.75) is 6.92 Å². The maximum Gasteiger partial charge on any atom is 0.728 e. The van der Waals surface area contributed by atoms with Crippen molar-refractivity contribution in [2.75, 3.05) is 14.2 Å². The molecule has 0 amide bonds. The number of hydrogen-bond donors (Lipinski definition) is 0. The molecule has 0 unspecified atom stereocenters. The van der Waals surface area contributed by atoms with Crippen molar-refractivity contribution in [1.29, 1.82) is 5.26 Å². The van der Waals surface area contributed by atoms with Gasteiger partial charge < -0.3 is 23.6 Å². The summed E-state index contributed by atoms with van der Waals surface area (Å²) in [5.41, 5.74) is 1.45. The van der Waals surface area contributed by atoms with Crippen molar-refractivity contribution >= 4 is 7.75 Å². The number of aryl methyl sites for hydroxylation is 1. The minimum Gasteiger partial charge on any atom is -0.872 e. The lowest BCUT2D eigenvalue weighted by atomic mass is 10.2. The largest absolute Gasteiger partial charge is 0.872 e. The monoisotopic (exact) mass is 504 g/mol. The molecule has 0 saturated heterocycles. The first-order chi connectivity index (χ1) is 17.3. The van der Waals surface area contributed by atoms with Crippen LogP contribution in [0.2, 0.25) is 0 Å². The van der Waals surface area contributed by atoms with Gasteiger partial charge in [0, 0.05) is 11.6 Å². The Kier molecular flexibility index (Phi) is 8.93. The third-order valence-corrected chi connectivity index (χ3v) is 6.46. The van der Waals surface area contributed by atoms with Crippen molar-refractivity contribution in [2.24, 2.45) is 0 Å². The van der Waals surface area contributed by atoms with Crippen LogP contribution in [0, 0.1) is 18.3 Å². The molecule has 0 aliphatic rings. The Balaban J connectivity index is 0.000000338. The van der Waals surface area contributed by atoms with Crippen molar-refractivity contribution in [3.05, 3.63) is 108 Å². The fraction of sp³-hybridized carbons (Fsp3) is 0.111. The van der Waals surface area contributed by atoms with Gasteiger partial charge in [0.15, 0.2) is 12.4 Å². The fourth-order valence-corrected chi connectivity index (χ4v) is 4.48.